The molecular formula is C20H26N4O3. The van der Waals surface area contributed by atoms with Gasteiger partial charge in [-0.1, -0.05) is 0 Å². The molecule has 144 valence electrons. The second-order valence-corrected chi connectivity index (χ2v) is 7.70. The molecule has 1 aliphatic rings. The van der Waals surface area contributed by atoms with Gasteiger partial charge in [-0.2, -0.15) is 4.98 Å². The van der Waals surface area contributed by atoms with Crippen LogP contribution >= 0.6 is 0 Å². The van der Waals surface area contributed by atoms with Gasteiger partial charge < -0.3 is 14.8 Å². The topological polar surface area (TPSA) is 86.2 Å². The molecule has 1 saturated carbocycles. The number of alkyl carbamates (subject to hydrolysis) is 1. The Kier molecular flexibility index (Phi) is 5.88. The van der Waals surface area contributed by atoms with Crippen molar-refractivity contribution < 1.29 is 14.3 Å². The number of ether oxygens (including phenoxy) is 2. The zero-order valence-electron chi connectivity index (χ0n) is 16.0. The molecule has 0 radical (unpaired) electrons. The van der Waals surface area contributed by atoms with Crippen LogP contribution in [-0.4, -0.2) is 38.8 Å². The van der Waals surface area contributed by atoms with E-state index in [2.05, 4.69) is 20.3 Å². The molecule has 1 aliphatic carbocycles. The maximum Gasteiger partial charge on any atom is 0.407 e. The van der Waals surface area contributed by atoms with E-state index in [9.17, 15) is 4.79 Å². The standard InChI is InChI=1S/C20H26N4O3/c1-20(2,3)27-19(25)23-15-6-8-16(9-7-15)26-17-10-12-22-18(24-17)14-5-4-11-21-13-14/h4-5,10-13,15-16H,6-9H2,1-3H3,(H,23,25)/t15-,16-. The van der Waals surface area contributed by atoms with Crippen molar-refractivity contribution in [3.63, 3.8) is 0 Å². The van der Waals surface area contributed by atoms with Crippen LogP contribution in [0.4, 0.5) is 4.79 Å². The zero-order chi connectivity index (χ0) is 19.3. The fourth-order valence-corrected chi connectivity index (χ4v) is 3.01. The van der Waals surface area contributed by atoms with E-state index in [1.165, 1.54) is 0 Å². The summed E-state index contributed by atoms with van der Waals surface area (Å²) in [6, 6.07) is 5.66. The van der Waals surface area contributed by atoms with Crippen LogP contribution < -0.4 is 10.1 Å². The van der Waals surface area contributed by atoms with Crippen molar-refractivity contribution in [1.82, 2.24) is 20.3 Å². The summed E-state index contributed by atoms with van der Waals surface area (Å²) in [5.41, 5.74) is 0.372. The molecule has 27 heavy (non-hydrogen) atoms. The molecule has 7 nitrogen and oxygen atoms in total. The maximum absolute atomic E-state index is 11.9. The summed E-state index contributed by atoms with van der Waals surface area (Å²) >= 11 is 0. The Hall–Kier alpha value is -2.70. The Morgan fingerprint density at radius 2 is 1.93 bits per heavy atom. The van der Waals surface area contributed by atoms with Crippen LogP contribution in [0, 0.1) is 0 Å². The number of carbonyl (C=O) groups is 1. The minimum Gasteiger partial charge on any atom is -0.474 e. The highest BCUT2D eigenvalue weighted by Crippen LogP contribution is 2.24. The molecule has 0 atom stereocenters. The van der Waals surface area contributed by atoms with Crippen LogP contribution in [-0.2, 0) is 4.74 Å². The molecule has 0 unspecified atom stereocenters. The molecule has 2 aromatic heterocycles. The number of carbonyl (C=O) groups excluding carboxylic acids is 1. The molecule has 2 aromatic rings. The largest absolute Gasteiger partial charge is 0.474 e. The van der Waals surface area contributed by atoms with Crippen LogP contribution in [0.3, 0.4) is 0 Å². The van der Waals surface area contributed by atoms with Crippen molar-refractivity contribution in [1.29, 1.82) is 0 Å². The van der Waals surface area contributed by atoms with Gasteiger partial charge in [0, 0.05) is 36.3 Å². The second-order valence-electron chi connectivity index (χ2n) is 7.70. The average molecular weight is 370 g/mol. The lowest BCUT2D eigenvalue weighted by Gasteiger charge is -2.30. The molecular weight excluding hydrogens is 344 g/mol. The lowest BCUT2D eigenvalue weighted by atomic mass is 9.93. The van der Waals surface area contributed by atoms with Gasteiger partial charge in [-0.05, 0) is 58.6 Å². The van der Waals surface area contributed by atoms with Crippen LogP contribution in [0.15, 0.2) is 36.8 Å². The van der Waals surface area contributed by atoms with Crippen molar-refractivity contribution >= 4 is 6.09 Å². The third kappa shape index (κ3) is 5.91. The molecule has 3 rings (SSSR count). The van der Waals surface area contributed by atoms with Crippen LogP contribution in [0.5, 0.6) is 5.88 Å². The summed E-state index contributed by atoms with van der Waals surface area (Å²) in [6.07, 6.45) is 8.27. The average Bonchev–Trinajstić information content (AvgIpc) is 2.63. The first kappa shape index (κ1) is 19.1. The van der Waals surface area contributed by atoms with E-state index in [0.717, 1.165) is 31.2 Å². The maximum atomic E-state index is 11.9. The van der Waals surface area contributed by atoms with Gasteiger partial charge >= 0.3 is 6.09 Å². The Balaban J connectivity index is 1.50. The van der Waals surface area contributed by atoms with Crippen molar-refractivity contribution in [2.75, 3.05) is 0 Å². The summed E-state index contributed by atoms with van der Waals surface area (Å²) < 4.78 is 11.4. The van der Waals surface area contributed by atoms with Crippen LogP contribution in [0.1, 0.15) is 46.5 Å². The predicted octanol–water partition coefficient (Wildman–Crippen LogP) is 3.75. The van der Waals surface area contributed by atoms with Gasteiger partial charge in [-0.3, -0.25) is 4.98 Å². The Morgan fingerprint density at radius 1 is 1.15 bits per heavy atom. The molecule has 0 saturated heterocycles. The SMILES string of the molecule is CC(C)(C)OC(=O)N[C@H]1CC[C@H](Oc2ccnc(-c3cccnc3)n2)CC1. The van der Waals surface area contributed by atoms with E-state index in [1.807, 2.05) is 32.9 Å². The van der Waals surface area contributed by atoms with Gasteiger partial charge in [0.1, 0.15) is 11.7 Å². The van der Waals surface area contributed by atoms with E-state index in [4.69, 9.17) is 9.47 Å². The van der Waals surface area contributed by atoms with Crippen molar-refractivity contribution in [3.8, 4) is 17.3 Å². The van der Waals surface area contributed by atoms with Gasteiger partial charge in [-0.25, -0.2) is 9.78 Å². The minimum atomic E-state index is -0.483. The predicted molar refractivity (Wildman–Crippen MR) is 101 cm³/mol. The molecule has 1 N–H and O–H groups in total. The van der Waals surface area contributed by atoms with Gasteiger partial charge in [0.15, 0.2) is 5.82 Å². The van der Waals surface area contributed by atoms with Gasteiger partial charge in [-0.15, -0.1) is 0 Å². The van der Waals surface area contributed by atoms with Crippen LogP contribution in [0.25, 0.3) is 11.4 Å². The zero-order valence-corrected chi connectivity index (χ0v) is 16.0. The van der Waals surface area contributed by atoms with E-state index >= 15 is 0 Å². The van der Waals surface area contributed by atoms with Gasteiger partial charge in [0.05, 0.1) is 0 Å². The monoisotopic (exact) mass is 370 g/mol. The highest BCUT2D eigenvalue weighted by Gasteiger charge is 2.26. The number of nitrogens with one attached hydrogen (secondary N) is 1. The number of pyridine rings is 1. The van der Waals surface area contributed by atoms with E-state index in [1.54, 1.807) is 24.7 Å². The fraction of sp³-hybridized carbons (Fsp3) is 0.500. The first-order valence-electron chi connectivity index (χ1n) is 9.29. The normalized spacial score (nSPS) is 20.0. The fourth-order valence-electron chi connectivity index (χ4n) is 3.01. The molecule has 2 heterocycles. The summed E-state index contributed by atoms with van der Waals surface area (Å²) in [5.74, 6) is 1.16. The van der Waals surface area contributed by atoms with E-state index in [-0.39, 0.29) is 18.2 Å². The van der Waals surface area contributed by atoms with Gasteiger partial charge in [0.2, 0.25) is 5.88 Å². The number of hydrogen-bond acceptors (Lipinski definition) is 6. The minimum absolute atomic E-state index is 0.0818. The van der Waals surface area contributed by atoms with Crippen LogP contribution in [0.2, 0.25) is 0 Å². The number of amides is 1. The Bertz CT molecular complexity index is 753. The molecule has 0 aromatic carbocycles. The molecule has 0 spiro atoms. The highest BCUT2D eigenvalue weighted by atomic mass is 16.6. The third-order valence-corrected chi connectivity index (χ3v) is 4.23. The van der Waals surface area contributed by atoms with Gasteiger partial charge in [0.25, 0.3) is 0 Å². The van der Waals surface area contributed by atoms with Crippen molar-refractivity contribution in [2.24, 2.45) is 0 Å². The smallest absolute Gasteiger partial charge is 0.407 e. The highest BCUT2D eigenvalue weighted by molar-refractivity contribution is 5.68. The molecule has 0 aliphatic heterocycles. The summed E-state index contributed by atoms with van der Waals surface area (Å²) in [6.45, 7) is 5.58. The first-order valence-corrected chi connectivity index (χ1v) is 9.29. The first-order chi connectivity index (χ1) is 12.9. The van der Waals surface area contributed by atoms with Crippen molar-refractivity contribution in [2.45, 2.75) is 64.2 Å². The molecule has 1 fully saturated rings. The second kappa shape index (κ2) is 8.33. The molecule has 7 heteroatoms. The third-order valence-electron chi connectivity index (χ3n) is 4.23. The Labute approximate surface area is 159 Å². The van der Waals surface area contributed by atoms with E-state index < -0.39 is 5.60 Å². The summed E-state index contributed by atoms with van der Waals surface area (Å²) in [7, 11) is 0. The number of hydrogen-bond donors (Lipinski definition) is 1. The summed E-state index contributed by atoms with van der Waals surface area (Å²) in [5, 5.41) is 2.94. The van der Waals surface area contributed by atoms with Crippen molar-refractivity contribution in [3.05, 3.63) is 36.8 Å². The number of aromatic nitrogens is 3. The number of rotatable bonds is 4. The number of nitrogens with zero attached hydrogens (tertiary/aromatic N) is 3. The molecule has 1 amide bonds. The lowest BCUT2D eigenvalue weighted by Crippen LogP contribution is -2.42. The lowest BCUT2D eigenvalue weighted by molar-refractivity contribution is 0.0469. The molecule has 0 bridgehead atoms. The summed E-state index contributed by atoms with van der Waals surface area (Å²) in [4.78, 5) is 24.7. The quantitative estimate of drug-likeness (QED) is 0.882. The Morgan fingerprint density at radius 3 is 2.59 bits per heavy atom. The van der Waals surface area contributed by atoms with E-state index in [0.29, 0.717) is 11.7 Å².